The molecule has 0 aliphatic carbocycles. The number of H-pyrrole nitrogens is 1. The SMILES string of the molecule is C=CCN(CC=C)c1nc(NC2CC(C)(C)NC(C)(C)C2)nc(-c2cc[nH]c2)n1. The third-order valence-corrected chi connectivity index (χ3v) is 4.98. The van der Waals surface area contributed by atoms with Gasteiger partial charge in [0.15, 0.2) is 5.82 Å². The van der Waals surface area contributed by atoms with E-state index in [1.807, 2.05) is 35.5 Å². The summed E-state index contributed by atoms with van der Waals surface area (Å²) in [5.74, 6) is 1.86. The molecule has 1 aliphatic heterocycles. The maximum atomic E-state index is 4.74. The molecule has 3 N–H and O–H groups in total. The number of nitrogens with one attached hydrogen (secondary N) is 3. The molecule has 0 saturated carbocycles. The first-order chi connectivity index (χ1) is 13.7. The highest BCUT2D eigenvalue weighted by Crippen LogP contribution is 2.30. The van der Waals surface area contributed by atoms with Crippen LogP contribution in [0.5, 0.6) is 0 Å². The summed E-state index contributed by atoms with van der Waals surface area (Å²) in [6.45, 7) is 17.9. The Hall–Kier alpha value is -2.67. The molecule has 2 aromatic rings. The van der Waals surface area contributed by atoms with Gasteiger partial charge in [0.25, 0.3) is 0 Å². The molecule has 1 aliphatic rings. The molecule has 0 aromatic carbocycles. The lowest BCUT2D eigenvalue weighted by Crippen LogP contribution is -2.60. The number of anilines is 2. The first-order valence-corrected chi connectivity index (χ1v) is 10.1. The minimum atomic E-state index is 0.0382. The van der Waals surface area contributed by atoms with Crippen LogP contribution < -0.4 is 15.5 Å². The molecule has 0 amide bonds. The summed E-state index contributed by atoms with van der Waals surface area (Å²) in [5, 5.41) is 7.30. The van der Waals surface area contributed by atoms with Gasteiger partial charge in [-0.2, -0.15) is 15.0 Å². The van der Waals surface area contributed by atoms with E-state index in [1.54, 1.807) is 0 Å². The third-order valence-electron chi connectivity index (χ3n) is 4.98. The lowest BCUT2D eigenvalue weighted by Gasteiger charge is -2.46. The number of piperidine rings is 1. The van der Waals surface area contributed by atoms with Gasteiger partial charge in [0.1, 0.15) is 0 Å². The van der Waals surface area contributed by atoms with Crippen molar-refractivity contribution in [3.05, 3.63) is 43.8 Å². The van der Waals surface area contributed by atoms with Gasteiger partial charge in [-0.25, -0.2) is 0 Å². The Bertz CT molecular complexity index is 813. The van der Waals surface area contributed by atoms with Crippen LogP contribution in [-0.2, 0) is 0 Å². The van der Waals surface area contributed by atoms with Gasteiger partial charge in [-0.15, -0.1) is 13.2 Å². The van der Waals surface area contributed by atoms with E-state index in [4.69, 9.17) is 15.0 Å². The van der Waals surface area contributed by atoms with E-state index in [9.17, 15) is 0 Å². The number of hydrogen-bond donors (Lipinski definition) is 3. The largest absolute Gasteiger partial charge is 0.367 e. The molecular weight excluding hydrogens is 362 g/mol. The van der Waals surface area contributed by atoms with Crippen molar-refractivity contribution in [2.75, 3.05) is 23.3 Å². The first-order valence-electron chi connectivity index (χ1n) is 10.1. The Balaban J connectivity index is 1.94. The van der Waals surface area contributed by atoms with Crippen LogP contribution in [0.15, 0.2) is 43.8 Å². The van der Waals surface area contributed by atoms with Gasteiger partial charge in [0.05, 0.1) is 0 Å². The van der Waals surface area contributed by atoms with Gasteiger partial charge >= 0.3 is 0 Å². The van der Waals surface area contributed by atoms with E-state index in [0.29, 0.717) is 30.8 Å². The number of aromatic amines is 1. The molecule has 3 rings (SSSR count). The van der Waals surface area contributed by atoms with Crippen LogP contribution in [-0.4, -0.2) is 50.1 Å². The van der Waals surface area contributed by atoms with Crippen LogP contribution in [0.2, 0.25) is 0 Å². The molecule has 0 radical (unpaired) electrons. The van der Waals surface area contributed by atoms with E-state index in [2.05, 4.69) is 56.5 Å². The Morgan fingerprint density at radius 2 is 1.76 bits per heavy atom. The number of aromatic nitrogens is 4. The van der Waals surface area contributed by atoms with Crippen LogP contribution in [0.3, 0.4) is 0 Å². The second kappa shape index (κ2) is 8.37. The first kappa shape index (κ1) is 21.0. The molecule has 156 valence electrons. The average molecular weight is 396 g/mol. The molecule has 1 fully saturated rings. The van der Waals surface area contributed by atoms with Gasteiger partial charge in [-0.05, 0) is 46.6 Å². The van der Waals surface area contributed by atoms with Gasteiger partial charge < -0.3 is 20.5 Å². The molecule has 29 heavy (non-hydrogen) atoms. The maximum Gasteiger partial charge on any atom is 0.231 e. The van der Waals surface area contributed by atoms with E-state index in [1.165, 1.54) is 0 Å². The quantitative estimate of drug-likeness (QED) is 0.591. The second-order valence-electron chi connectivity index (χ2n) is 9.01. The van der Waals surface area contributed by atoms with Gasteiger partial charge in [-0.3, -0.25) is 0 Å². The summed E-state index contributed by atoms with van der Waals surface area (Å²) in [5.41, 5.74) is 1.01. The lowest BCUT2D eigenvalue weighted by atomic mass is 9.80. The summed E-state index contributed by atoms with van der Waals surface area (Å²) in [6.07, 6.45) is 9.42. The smallest absolute Gasteiger partial charge is 0.231 e. The predicted octanol–water partition coefficient (Wildman–Crippen LogP) is 3.77. The Kier molecular flexibility index (Phi) is 6.07. The van der Waals surface area contributed by atoms with Gasteiger partial charge in [0, 0.05) is 48.2 Å². The molecule has 0 unspecified atom stereocenters. The minimum Gasteiger partial charge on any atom is -0.367 e. The molecule has 0 atom stereocenters. The molecule has 2 aromatic heterocycles. The van der Waals surface area contributed by atoms with Crippen LogP contribution in [0.1, 0.15) is 40.5 Å². The van der Waals surface area contributed by atoms with Crippen molar-refractivity contribution >= 4 is 11.9 Å². The highest BCUT2D eigenvalue weighted by molar-refractivity contribution is 5.57. The van der Waals surface area contributed by atoms with Crippen LogP contribution in [0.25, 0.3) is 11.4 Å². The zero-order chi connectivity index (χ0) is 21.1. The molecule has 3 heterocycles. The number of nitrogens with zero attached hydrogens (tertiary/aromatic N) is 4. The summed E-state index contributed by atoms with van der Waals surface area (Å²) in [6, 6.07) is 2.23. The van der Waals surface area contributed by atoms with Crippen molar-refractivity contribution in [2.24, 2.45) is 0 Å². The van der Waals surface area contributed by atoms with Crippen molar-refractivity contribution < 1.29 is 0 Å². The summed E-state index contributed by atoms with van der Waals surface area (Å²) >= 11 is 0. The topological polar surface area (TPSA) is 81.8 Å². The molecule has 0 spiro atoms. The monoisotopic (exact) mass is 395 g/mol. The fourth-order valence-electron chi connectivity index (χ4n) is 4.32. The second-order valence-corrected chi connectivity index (χ2v) is 9.01. The van der Waals surface area contributed by atoms with E-state index < -0.39 is 0 Å². The minimum absolute atomic E-state index is 0.0382. The van der Waals surface area contributed by atoms with Crippen molar-refractivity contribution in [1.82, 2.24) is 25.3 Å². The standard InChI is InChI=1S/C22H33N7/c1-7-11-29(12-8-2)20-26-18(16-9-10-23-15-16)25-19(27-20)24-17-13-21(3,4)28-22(5,6)14-17/h7-10,15,17,23,28H,1-2,11-14H2,3-6H3,(H,24,25,26,27). The third kappa shape index (κ3) is 5.44. The molecule has 7 nitrogen and oxygen atoms in total. The van der Waals surface area contributed by atoms with Crippen molar-refractivity contribution in [1.29, 1.82) is 0 Å². The van der Waals surface area contributed by atoms with Crippen LogP contribution in [0.4, 0.5) is 11.9 Å². The lowest BCUT2D eigenvalue weighted by molar-refractivity contribution is 0.170. The fraction of sp³-hybridized carbons (Fsp3) is 0.500. The number of hydrogen-bond acceptors (Lipinski definition) is 6. The maximum absolute atomic E-state index is 4.74. The summed E-state index contributed by atoms with van der Waals surface area (Å²) in [7, 11) is 0. The van der Waals surface area contributed by atoms with Gasteiger partial charge in [-0.1, -0.05) is 12.2 Å². The molecule has 1 saturated heterocycles. The Morgan fingerprint density at radius 3 is 2.31 bits per heavy atom. The molecule has 7 heteroatoms. The molecule has 0 bridgehead atoms. The van der Waals surface area contributed by atoms with Crippen molar-refractivity contribution in [3.63, 3.8) is 0 Å². The Morgan fingerprint density at radius 1 is 1.10 bits per heavy atom. The van der Waals surface area contributed by atoms with E-state index in [-0.39, 0.29) is 17.1 Å². The predicted molar refractivity (Wildman–Crippen MR) is 120 cm³/mol. The Labute approximate surface area is 173 Å². The van der Waals surface area contributed by atoms with Crippen LogP contribution in [0, 0.1) is 0 Å². The summed E-state index contributed by atoms with van der Waals surface area (Å²) in [4.78, 5) is 19.3. The highest BCUT2D eigenvalue weighted by Gasteiger charge is 2.38. The number of rotatable bonds is 8. The van der Waals surface area contributed by atoms with Crippen LogP contribution >= 0.6 is 0 Å². The van der Waals surface area contributed by atoms with E-state index in [0.717, 1.165) is 18.4 Å². The fourth-order valence-corrected chi connectivity index (χ4v) is 4.32. The normalized spacial score (nSPS) is 18.2. The summed E-state index contributed by atoms with van der Waals surface area (Å²) < 4.78 is 0. The highest BCUT2D eigenvalue weighted by atomic mass is 15.3. The van der Waals surface area contributed by atoms with Crippen molar-refractivity contribution in [3.8, 4) is 11.4 Å². The average Bonchev–Trinajstić information content (AvgIpc) is 3.13. The van der Waals surface area contributed by atoms with Crippen molar-refractivity contribution in [2.45, 2.75) is 57.7 Å². The zero-order valence-electron chi connectivity index (χ0n) is 18.0. The van der Waals surface area contributed by atoms with Gasteiger partial charge in [0.2, 0.25) is 11.9 Å². The molecular formula is C22H33N7. The zero-order valence-corrected chi connectivity index (χ0v) is 18.0. The van der Waals surface area contributed by atoms with E-state index >= 15 is 0 Å².